The average Bonchev–Trinajstić information content (AvgIpc) is 2.41. The quantitative estimate of drug-likeness (QED) is 0.922. The van der Waals surface area contributed by atoms with E-state index in [1.807, 2.05) is 36.4 Å². The van der Waals surface area contributed by atoms with Gasteiger partial charge in [0.1, 0.15) is 0 Å². The van der Waals surface area contributed by atoms with Gasteiger partial charge in [0, 0.05) is 18.0 Å². The van der Waals surface area contributed by atoms with Gasteiger partial charge in [0.25, 0.3) is 0 Å². The van der Waals surface area contributed by atoms with Crippen LogP contribution in [0.25, 0.3) is 5.70 Å². The van der Waals surface area contributed by atoms with Gasteiger partial charge in [0.15, 0.2) is 6.29 Å². The molecule has 1 amide bonds. The molecule has 1 heterocycles. The molecule has 0 aliphatic carbocycles. The summed E-state index contributed by atoms with van der Waals surface area (Å²) in [5.41, 5.74) is 1.67. The third-order valence-corrected chi connectivity index (χ3v) is 2.97. The number of amides is 1. The highest BCUT2D eigenvalue weighted by Gasteiger charge is 2.27. The Bertz CT molecular complexity index is 484. The summed E-state index contributed by atoms with van der Waals surface area (Å²) in [5.74, 6) is -0.115. The Morgan fingerprint density at radius 2 is 1.85 bits per heavy atom. The first-order valence-electron chi connectivity index (χ1n) is 6.74. The van der Waals surface area contributed by atoms with Crippen LogP contribution >= 0.6 is 0 Å². The summed E-state index contributed by atoms with van der Waals surface area (Å²) >= 11 is 0. The van der Waals surface area contributed by atoms with Crippen molar-refractivity contribution in [2.75, 3.05) is 13.2 Å². The maximum atomic E-state index is 11.3. The van der Waals surface area contributed by atoms with Crippen LogP contribution in [0.5, 0.6) is 0 Å². The molecular weight excluding hydrogens is 254 g/mol. The molecule has 0 unspecified atom stereocenters. The van der Waals surface area contributed by atoms with Gasteiger partial charge in [-0.3, -0.25) is 4.79 Å². The van der Waals surface area contributed by atoms with Gasteiger partial charge in [-0.25, -0.2) is 0 Å². The topological polar surface area (TPSA) is 47.6 Å². The molecule has 4 heteroatoms. The standard InChI is InChI=1S/C16H21NO3/c1-12(18)17-14(13-7-5-4-6-8-13)9-15-19-10-16(2,3)11-20-15/h4-9,15H,10-11H2,1-3H3,(H,17,18)/b14-9-. The second kappa shape index (κ2) is 6.20. The van der Waals surface area contributed by atoms with E-state index in [2.05, 4.69) is 19.2 Å². The summed E-state index contributed by atoms with van der Waals surface area (Å²) < 4.78 is 11.4. The van der Waals surface area contributed by atoms with Gasteiger partial charge in [-0.1, -0.05) is 44.2 Å². The molecular formula is C16H21NO3. The number of hydrogen-bond acceptors (Lipinski definition) is 3. The minimum Gasteiger partial charge on any atom is -0.348 e. The molecule has 0 radical (unpaired) electrons. The van der Waals surface area contributed by atoms with E-state index in [1.165, 1.54) is 6.92 Å². The molecule has 0 aromatic heterocycles. The largest absolute Gasteiger partial charge is 0.348 e. The first-order valence-corrected chi connectivity index (χ1v) is 6.74. The fraction of sp³-hybridized carbons (Fsp3) is 0.438. The van der Waals surface area contributed by atoms with Crippen molar-refractivity contribution >= 4 is 11.6 Å². The van der Waals surface area contributed by atoms with Crippen LogP contribution in [0.1, 0.15) is 26.3 Å². The fourth-order valence-corrected chi connectivity index (χ4v) is 1.95. The summed E-state index contributed by atoms with van der Waals surface area (Å²) in [6.07, 6.45) is 1.39. The number of ether oxygens (including phenoxy) is 2. The van der Waals surface area contributed by atoms with Crippen LogP contribution in [0.4, 0.5) is 0 Å². The highest BCUT2D eigenvalue weighted by molar-refractivity contribution is 5.85. The molecule has 1 aliphatic rings. The molecule has 1 aromatic rings. The minimum atomic E-state index is -0.426. The number of carbonyl (C=O) groups excluding carboxylic acids is 1. The zero-order chi connectivity index (χ0) is 14.6. The molecule has 1 N–H and O–H groups in total. The van der Waals surface area contributed by atoms with Crippen molar-refractivity contribution < 1.29 is 14.3 Å². The van der Waals surface area contributed by atoms with Crippen LogP contribution in [0, 0.1) is 5.41 Å². The van der Waals surface area contributed by atoms with Crippen LogP contribution in [0.2, 0.25) is 0 Å². The van der Waals surface area contributed by atoms with Crippen molar-refractivity contribution in [3.8, 4) is 0 Å². The lowest BCUT2D eigenvalue weighted by Crippen LogP contribution is -2.37. The molecule has 1 aliphatic heterocycles. The van der Waals surface area contributed by atoms with Crippen molar-refractivity contribution in [2.24, 2.45) is 5.41 Å². The lowest BCUT2D eigenvalue weighted by molar-refractivity contribution is -0.197. The van der Waals surface area contributed by atoms with Gasteiger partial charge in [0.05, 0.1) is 13.2 Å². The first kappa shape index (κ1) is 14.8. The lowest BCUT2D eigenvalue weighted by atomic mass is 9.95. The maximum Gasteiger partial charge on any atom is 0.221 e. The Balaban J connectivity index is 2.15. The third-order valence-electron chi connectivity index (χ3n) is 2.97. The van der Waals surface area contributed by atoms with Crippen LogP contribution in [0.3, 0.4) is 0 Å². The first-order chi connectivity index (χ1) is 9.46. The van der Waals surface area contributed by atoms with Crippen molar-refractivity contribution in [1.82, 2.24) is 5.32 Å². The lowest BCUT2D eigenvalue weighted by Gasteiger charge is -2.33. The van der Waals surface area contributed by atoms with E-state index in [1.54, 1.807) is 0 Å². The molecule has 1 saturated heterocycles. The molecule has 0 saturated carbocycles. The van der Waals surface area contributed by atoms with Crippen LogP contribution in [-0.4, -0.2) is 25.4 Å². The van der Waals surface area contributed by atoms with Crippen molar-refractivity contribution in [1.29, 1.82) is 0 Å². The van der Waals surface area contributed by atoms with Crippen molar-refractivity contribution in [3.05, 3.63) is 42.0 Å². The molecule has 1 aromatic carbocycles. The number of carbonyl (C=O) groups is 1. The van der Waals surface area contributed by atoms with Gasteiger partial charge >= 0.3 is 0 Å². The van der Waals surface area contributed by atoms with E-state index in [9.17, 15) is 4.79 Å². The van der Waals surface area contributed by atoms with E-state index in [0.717, 1.165) is 5.56 Å². The number of rotatable bonds is 3. The van der Waals surface area contributed by atoms with Crippen molar-refractivity contribution in [2.45, 2.75) is 27.1 Å². The normalized spacial score (nSPS) is 19.6. The average molecular weight is 275 g/mol. The predicted octanol–water partition coefficient (Wildman–Crippen LogP) is 2.56. The predicted molar refractivity (Wildman–Crippen MR) is 77.7 cm³/mol. The van der Waals surface area contributed by atoms with E-state index in [-0.39, 0.29) is 11.3 Å². The number of hydrogen-bond donors (Lipinski definition) is 1. The Labute approximate surface area is 119 Å². The highest BCUT2D eigenvalue weighted by Crippen LogP contribution is 2.24. The van der Waals surface area contributed by atoms with Crippen molar-refractivity contribution in [3.63, 3.8) is 0 Å². The number of nitrogens with one attached hydrogen (secondary N) is 1. The van der Waals surface area contributed by atoms with E-state index >= 15 is 0 Å². The third kappa shape index (κ3) is 4.18. The summed E-state index contributed by atoms with van der Waals surface area (Å²) in [4.78, 5) is 11.3. The van der Waals surface area contributed by atoms with Crippen LogP contribution < -0.4 is 5.32 Å². The van der Waals surface area contributed by atoms with E-state index in [4.69, 9.17) is 9.47 Å². The Kier molecular flexibility index (Phi) is 4.57. The Morgan fingerprint density at radius 3 is 2.40 bits per heavy atom. The minimum absolute atomic E-state index is 0.0330. The zero-order valence-corrected chi connectivity index (χ0v) is 12.2. The molecule has 1 fully saturated rings. The van der Waals surface area contributed by atoms with Gasteiger partial charge in [-0.15, -0.1) is 0 Å². The number of benzene rings is 1. The second-order valence-electron chi connectivity index (χ2n) is 5.78. The summed E-state index contributed by atoms with van der Waals surface area (Å²) in [6.45, 7) is 6.95. The smallest absolute Gasteiger partial charge is 0.221 e. The highest BCUT2D eigenvalue weighted by atomic mass is 16.7. The fourth-order valence-electron chi connectivity index (χ4n) is 1.95. The van der Waals surface area contributed by atoms with Gasteiger partial charge in [-0.2, -0.15) is 0 Å². The molecule has 4 nitrogen and oxygen atoms in total. The van der Waals surface area contributed by atoms with Crippen LogP contribution in [0.15, 0.2) is 36.4 Å². The summed E-state index contributed by atoms with van der Waals surface area (Å²) in [6, 6.07) is 9.67. The summed E-state index contributed by atoms with van der Waals surface area (Å²) in [5, 5.41) is 2.83. The van der Waals surface area contributed by atoms with Gasteiger partial charge < -0.3 is 14.8 Å². The Hall–Kier alpha value is -1.65. The zero-order valence-electron chi connectivity index (χ0n) is 12.2. The molecule has 0 atom stereocenters. The molecule has 2 rings (SSSR count). The molecule has 108 valence electrons. The Morgan fingerprint density at radius 1 is 1.25 bits per heavy atom. The van der Waals surface area contributed by atoms with Crippen LogP contribution in [-0.2, 0) is 14.3 Å². The van der Waals surface area contributed by atoms with Gasteiger partial charge in [-0.05, 0) is 11.6 Å². The SMILES string of the molecule is CC(=O)N/C(=C\C1OCC(C)(C)CO1)c1ccccc1. The second-order valence-corrected chi connectivity index (χ2v) is 5.78. The summed E-state index contributed by atoms with van der Waals surface area (Å²) in [7, 11) is 0. The molecule has 0 spiro atoms. The monoisotopic (exact) mass is 275 g/mol. The maximum absolute atomic E-state index is 11.3. The molecule has 0 bridgehead atoms. The van der Waals surface area contributed by atoms with Gasteiger partial charge in [0.2, 0.25) is 5.91 Å². The molecule has 20 heavy (non-hydrogen) atoms. The van der Waals surface area contributed by atoms with E-state index < -0.39 is 6.29 Å². The van der Waals surface area contributed by atoms with E-state index in [0.29, 0.717) is 18.9 Å².